The first kappa shape index (κ1) is 25.7. The smallest absolute Gasteiger partial charge is 0.244 e. The fraction of sp³-hybridized carbons (Fsp3) is 0.462. The molecule has 7 nitrogen and oxygen atoms in total. The minimum atomic E-state index is -3.71. The summed E-state index contributed by atoms with van der Waals surface area (Å²) in [4.78, 5) is 28.0. The molecule has 0 aromatic heterocycles. The zero-order valence-electron chi connectivity index (χ0n) is 20.2. The van der Waals surface area contributed by atoms with Gasteiger partial charge in [-0.05, 0) is 56.4 Å². The molecule has 0 heterocycles. The van der Waals surface area contributed by atoms with Crippen LogP contribution >= 0.6 is 0 Å². The van der Waals surface area contributed by atoms with Crippen LogP contribution in [-0.4, -0.2) is 56.6 Å². The van der Waals surface area contributed by atoms with Crippen molar-refractivity contribution in [3.8, 4) is 0 Å². The molecule has 8 heteroatoms. The van der Waals surface area contributed by atoms with Crippen LogP contribution in [0.25, 0.3) is 0 Å². The van der Waals surface area contributed by atoms with Gasteiger partial charge >= 0.3 is 0 Å². The fourth-order valence-electron chi connectivity index (χ4n) is 4.36. The number of nitrogens with zero attached hydrogens (tertiary/aromatic N) is 2. The maximum atomic E-state index is 13.5. The van der Waals surface area contributed by atoms with Gasteiger partial charge in [0.25, 0.3) is 0 Å². The maximum absolute atomic E-state index is 13.5. The molecular weight excluding hydrogens is 450 g/mol. The van der Waals surface area contributed by atoms with Crippen molar-refractivity contribution in [2.45, 2.75) is 58.0 Å². The Morgan fingerprint density at radius 1 is 1.06 bits per heavy atom. The van der Waals surface area contributed by atoms with Gasteiger partial charge in [-0.2, -0.15) is 0 Å². The number of carbonyl (C=O) groups excluding carboxylic acids is 2. The first-order valence-corrected chi connectivity index (χ1v) is 13.7. The van der Waals surface area contributed by atoms with E-state index >= 15 is 0 Å². The Labute approximate surface area is 203 Å². The zero-order valence-corrected chi connectivity index (χ0v) is 21.1. The highest BCUT2D eigenvalue weighted by atomic mass is 32.2. The summed E-state index contributed by atoms with van der Waals surface area (Å²) < 4.78 is 26.3. The second-order valence-corrected chi connectivity index (χ2v) is 11.0. The fourth-order valence-corrected chi connectivity index (χ4v) is 5.20. The number of anilines is 1. The van der Waals surface area contributed by atoms with Crippen LogP contribution in [0.5, 0.6) is 0 Å². The average Bonchev–Trinajstić information content (AvgIpc) is 3.30. The van der Waals surface area contributed by atoms with Gasteiger partial charge < -0.3 is 10.2 Å². The number of sulfonamides is 1. The summed E-state index contributed by atoms with van der Waals surface area (Å²) in [5, 5.41) is 3.07. The molecular formula is C26H35N3O4S. The minimum Gasteiger partial charge on any atom is -0.352 e. The van der Waals surface area contributed by atoms with E-state index in [4.69, 9.17) is 0 Å². The molecule has 1 saturated carbocycles. The van der Waals surface area contributed by atoms with Gasteiger partial charge in [-0.15, -0.1) is 0 Å². The summed E-state index contributed by atoms with van der Waals surface area (Å²) in [6.45, 7) is 3.53. The van der Waals surface area contributed by atoms with Crippen molar-refractivity contribution >= 4 is 27.5 Å². The second-order valence-electron chi connectivity index (χ2n) is 9.10. The molecule has 0 unspecified atom stereocenters. The van der Waals surface area contributed by atoms with Crippen LogP contribution in [0.15, 0.2) is 54.6 Å². The number of hydrogen-bond acceptors (Lipinski definition) is 4. The predicted molar refractivity (Wildman–Crippen MR) is 135 cm³/mol. The Morgan fingerprint density at radius 3 is 2.35 bits per heavy atom. The predicted octanol–water partition coefficient (Wildman–Crippen LogP) is 3.28. The molecule has 0 aliphatic heterocycles. The molecule has 1 N–H and O–H groups in total. The van der Waals surface area contributed by atoms with Crippen molar-refractivity contribution in [2.75, 3.05) is 23.7 Å². The van der Waals surface area contributed by atoms with Gasteiger partial charge in [0.05, 0.1) is 11.9 Å². The lowest BCUT2D eigenvalue weighted by Gasteiger charge is -2.32. The van der Waals surface area contributed by atoms with Gasteiger partial charge in [-0.25, -0.2) is 8.42 Å². The Bertz CT molecular complexity index is 1080. The van der Waals surface area contributed by atoms with E-state index in [-0.39, 0.29) is 18.5 Å². The number of aryl methyl sites for hydroxylation is 1. The van der Waals surface area contributed by atoms with Gasteiger partial charge in [-0.1, -0.05) is 55.3 Å². The van der Waals surface area contributed by atoms with Crippen molar-refractivity contribution in [3.63, 3.8) is 0 Å². The van der Waals surface area contributed by atoms with Crippen LogP contribution in [0.4, 0.5) is 5.69 Å². The van der Waals surface area contributed by atoms with Gasteiger partial charge in [0.1, 0.15) is 12.6 Å². The summed E-state index contributed by atoms with van der Waals surface area (Å²) in [6, 6.07) is 16.2. The molecule has 2 aromatic rings. The molecule has 3 rings (SSSR count). The molecule has 0 bridgehead atoms. The molecule has 184 valence electrons. The SMILES string of the molecule is Cc1cccc(N(CC(=O)N(CCc2ccccc2)[C@@H](C)C(=O)NC2CCCC2)S(C)(=O)=O)c1. The molecule has 34 heavy (non-hydrogen) atoms. The van der Waals surface area contributed by atoms with Crippen LogP contribution in [0.3, 0.4) is 0 Å². The monoisotopic (exact) mass is 485 g/mol. The van der Waals surface area contributed by atoms with Gasteiger partial charge in [0, 0.05) is 12.6 Å². The Morgan fingerprint density at radius 2 is 1.74 bits per heavy atom. The lowest BCUT2D eigenvalue weighted by atomic mass is 10.1. The van der Waals surface area contributed by atoms with Crippen molar-refractivity contribution < 1.29 is 18.0 Å². The number of carbonyl (C=O) groups is 2. The van der Waals surface area contributed by atoms with E-state index in [0.29, 0.717) is 18.7 Å². The maximum Gasteiger partial charge on any atom is 0.244 e. The molecule has 0 saturated heterocycles. The molecule has 1 aliphatic carbocycles. The van der Waals surface area contributed by atoms with E-state index in [0.717, 1.165) is 47.4 Å². The summed E-state index contributed by atoms with van der Waals surface area (Å²) in [6.07, 6.45) is 5.74. The van der Waals surface area contributed by atoms with E-state index in [1.165, 1.54) is 4.90 Å². The van der Waals surface area contributed by atoms with Crippen LogP contribution in [0.1, 0.15) is 43.7 Å². The number of rotatable bonds is 10. The number of amides is 2. The molecule has 2 aromatic carbocycles. The van der Waals surface area contributed by atoms with E-state index < -0.39 is 22.0 Å². The van der Waals surface area contributed by atoms with Gasteiger partial charge in [0.15, 0.2) is 0 Å². The van der Waals surface area contributed by atoms with Crippen molar-refractivity contribution in [1.82, 2.24) is 10.2 Å². The first-order chi connectivity index (χ1) is 16.1. The van der Waals surface area contributed by atoms with Crippen molar-refractivity contribution in [2.24, 2.45) is 0 Å². The third kappa shape index (κ3) is 7.06. The quantitative estimate of drug-likeness (QED) is 0.560. The van der Waals surface area contributed by atoms with Crippen LogP contribution in [0.2, 0.25) is 0 Å². The van der Waals surface area contributed by atoms with E-state index in [2.05, 4.69) is 5.32 Å². The zero-order chi connectivity index (χ0) is 24.7. The Hall–Kier alpha value is -2.87. The highest BCUT2D eigenvalue weighted by Gasteiger charge is 2.31. The number of hydrogen-bond donors (Lipinski definition) is 1. The van der Waals surface area contributed by atoms with Crippen LogP contribution in [-0.2, 0) is 26.0 Å². The lowest BCUT2D eigenvalue weighted by molar-refractivity contribution is -0.139. The van der Waals surface area contributed by atoms with E-state index in [1.54, 1.807) is 25.1 Å². The van der Waals surface area contributed by atoms with E-state index in [1.807, 2.05) is 43.3 Å². The Balaban J connectivity index is 1.81. The molecule has 1 aliphatic rings. The lowest BCUT2D eigenvalue weighted by Crippen LogP contribution is -2.53. The molecule has 2 amide bonds. The molecule has 0 radical (unpaired) electrons. The number of benzene rings is 2. The third-order valence-corrected chi connectivity index (χ3v) is 7.46. The minimum absolute atomic E-state index is 0.140. The summed E-state index contributed by atoms with van der Waals surface area (Å²) in [5.41, 5.74) is 2.37. The van der Waals surface area contributed by atoms with E-state index in [9.17, 15) is 18.0 Å². The normalized spacial score (nSPS) is 15.0. The molecule has 0 spiro atoms. The largest absolute Gasteiger partial charge is 0.352 e. The number of nitrogens with one attached hydrogen (secondary N) is 1. The highest BCUT2D eigenvalue weighted by Crippen LogP contribution is 2.21. The highest BCUT2D eigenvalue weighted by molar-refractivity contribution is 7.92. The topological polar surface area (TPSA) is 86.8 Å². The standard InChI is InChI=1S/C26H35N3O4S/c1-20-10-9-15-24(18-20)29(34(3,32)33)19-25(30)28(17-16-22-11-5-4-6-12-22)21(2)26(31)27-23-13-7-8-14-23/h4-6,9-12,15,18,21,23H,7-8,13-14,16-17,19H2,1-3H3,(H,27,31)/t21-/m0/s1. The summed E-state index contributed by atoms with van der Waals surface area (Å²) >= 11 is 0. The molecule has 1 fully saturated rings. The third-order valence-electron chi connectivity index (χ3n) is 6.32. The van der Waals surface area contributed by atoms with Gasteiger partial charge in [0.2, 0.25) is 21.8 Å². The summed E-state index contributed by atoms with van der Waals surface area (Å²) in [5.74, 6) is -0.605. The Kier molecular flexibility index (Phi) is 8.72. The van der Waals surface area contributed by atoms with Crippen molar-refractivity contribution in [3.05, 3.63) is 65.7 Å². The molecule has 1 atom stereocenters. The first-order valence-electron chi connectivity index (χ1n) is 11.8. The average molecular weight is 486 g/mol. The van der Waals surface area contributed by atoms with Gasteiger partial charge in [-0.3, -0.25) is 13.9 Å². The van der Waals surface area contributed by atoms with Crippen molar-refractivity contribution in [1.29, 1.82) is 0 Å². The van der Waals surface area contributed by atoms with Crippen LogP contribution in [0, 0.1) is 6.92 Å². The summed E-state index contributed by atoms with van der Waals surface area (Å²) in [7, 11) is -3.71. The second kappa shape index (κ2) is 11.5. The van der Waals surface area contributed by atoms with Crippen LogP contribution < -0.4 is 9.62 Å².